The zero-order valence-electron chi connectivity index (χ0n) is 20.6. The molecule has 0 aliphatic carbocycles. The topological polar surface area (TPSA) is 70.8 Å². The highest BCUT2D eigenvalue weighted by atomic mass is 19.4. The van der Waals surface area contributed by atoms with E-state index in [1.165, 1.54) is 10.6 Å². The molecule has 3 aromatic carbocycles. The summed E-state index contributed by atoms with van der Waals surface area (Å²) in [6.07, 6.45) is -3.04. The minimum Gasteiger partial charge on any atom is -0.457 e. The van der Waals surface area contributed by atoms with E-state index in [0.717, 1.165) is 33.7 Å². The van der Waals surface area contributed by atoms with Crippen LogP contribution >= 0.6 is 0 Å². The number of hydrogen-bond acceptors (Lipinski definition) is 3. The van der Waals surface area contributed by atoms with Gasteiger partial charge in [-0.05, 0) is 85.1 Å². The van der Waals surface area contributed by atoms with Crippen molar-refractivity contribution in [2.45, 2.75) is 26.6 Å². The lowest BCUT2D eigenvalue weighted by molar-refractivity contribution is -0.137. The third-order valence-corrected chi connectivity index (χ3v) is 6.45. The first-order valence-corrected chi connectivity index (χ1v) is 11.8. The zero-order chi connectivity index (χ0) is 27.0. The number of aromatic amines is 1. The number of ether oxygens (including phenoxy) is 1. The van der Waals surface area contributed by atoms with E-state index >= 15 is 0 Å². The van der Waals surface area contributed by atoms with E-state index in [0.29, 0.717) is 17.1 Å². The van der Waals surface area contributed by atoms with Gasteiger partial charge in [0.25, 0.3) is 5.56 Å². The summed E-state index contributed by atoms with van der Waals surface area (Å²) in [6, 6.07) is 22.0. The summed E-state index contributed by atoms with van der Waals surface area (Å²) >= 11 is 0. The molecule has 0 fully saturated rings. The Morgan fingerprint density at radius 1 is 0.947 bits per heavy atom. The van der Waals surface area contributed by atoms with Crippen LogP contribution in [0.4, 0.5) is 13.2 Å². The van der Waals surface area contributed by atoms with Crippen LogP contribution in [0.5, 0.6) is 11.5 Å². The number of halogens is 3. The third kappa shape index (κ3) is 4.78. The van der Waals surface area contributed by atoms with Gasteiger partial charge in [0.1, 0.15) is 23.1 Å². The van der Waals surface area contributed by atoms with Crippen molar-refractivity contribution in [1.29, 1.82) is 5.26 Å². The van der Waals surface area contributed by atoms with Gasteiger partial charge >= 0.3 is 6.18 Å². The Bertz CT molecular complexity index is 1760. The molecule has 38 heavy (non-hydrogen) atoms. The summed E-state index contributed by atoms with van der Waals surface area (Å²) in [6.45, 7) is 3.82. The number of hydrogen-bond donors (Lipinski definition) is 1. The molecule has 0 aliphatic heterocycles. The molecule has 0 spiro atoms. The van der Waals surface area contributed by atoms with Crippen molar-refractivity contribution >= 4 is 10.9 Å². The Kier molecular flexibility index (Phi) is 6.29. The summed E-state index contributed by atoms with van der Waals surface area (Å²) in [5, 5.41) is 10.4. The maximum atomic E-state index is 13.9. The second-order valence-electron chi connectivity index (χ2n) is 9.10. The van der Waals surface area contributed by atoms with E-state index in [-0.39, 0.29) is 12.2 Å². The van der Waals surface area contributed by atoms with Gasteiger partial charge in [0.2, 0.25) is 0 Å². The van der Waals surface area contributed by atoms with Gasteiger partial charge in [-0.25, -0.2) is 0 Å². The van der Waals surface area contributed by atoms with Crippen molar-refractivity contribution in [2.75, 3.05) is 0 Å². The van der Waals surface area contributed by atoms with Crippen LogP contribution in [0, 0.1) is 25.2 Å². The van der Waals surface area contributed by atoms with Crippen molar-refractivity contribution < 1.29 is 17.9 Å². The first-order valence-electron chi connectivity index (χ1n) is 11.8. The molecule has 5 nitrogen and oxygen atoms in total. The second kappa shape index (κ2) is 9.60. The molecule has 2 aromatic heterocycles. The molecule has 0 saturated heterocycles. The first-order chi connectivity index (χ1) is 18.1. The van der Waals surface area contributed by atoms with Gasteiger partial charge in [0.05, 0.1) is 17.8 Å². The number of nitrogens with zero attached hydrogens (tertiary/aromatic N) is 2. The summed E-state index contributed by atoms with van der Waals surface area (Å²) in [7, 11) is 0. The average molecular weight is 514 g/mol. The lowest BCUT2D eigenvalue weighted by Gasteiger charge is -2.19. The van der Waals surface area contributed by atoms with Crippen LogP contribution in [0.25, 0.3) is 22.2 Å². The number of nitriles is 1. The maximum absolute atomic E-state index is 13.9. The van der Waals surface area contributed by atoms with Crippen LogP contribution < -0.4 is 10.3 Å². The molecule has 8 heteroatoms. The molecular formula is C30H22F3N3O2. The third-order valence-electron chi connectivity index (χ3n) is 6.45. The van der Waals surface area contributed by atoms with Gasteiger partial charge in [0.15, 0.2) is 0 Å². The number of alkyl halides is 3. The van der Waals surface area contributed by atoms with E-state index in [1.807, 2.05) is 62.5 Å². The Balaban J connectivity index is 1.58. The van der Waals surface area contributed by atoms with Crippen molar-refractivity contribution in [2.24, 2.45) is 0 Å². The first kappa shape index (κ1) is 24.9. The quantitative estimate of drug-likeness (QED) is 0.267. The molecule has 0 bridgehead atoms. The van der Waals surface area contributed by atoms with Crippen molar-refractivity contribution in [3.05, 3.63) is 117 Å². The molecule has 0 amide bonds. The summed E-state index contributed by atoms with van der Waals surface area (Å²) in [4.78, 5) is 16.4. The minimum absolute atomic E-state index is 0.0159. The fraction of sp³-hybridized carbons (Fsp3) is 0.133. The zero-order valence-corrected chi connectivity index (χ0v) is 20.6. The van der Waals surface area contributed by atoms with E-state index in [1.54, 1.807) is 24.3 Å². The standard InChI is InChI=1S/C30H22F3N3O2/c1-18-3-4-22(19(2)13-18)17-36-28(15-26(30(31,32)33)25(16-34)29(36)37)20-5-7-23(8-6-20)38-24-9-10-27-21(14-24)11-12-35-27/h3-15,35H,17H2,1-2H3. The van der Waals surface area contributed by atoms with Crippen molar-refractivity contribution in [1.82, 2.24) is 9.55 Å². The lowest BCUT2D eigenvalue weighted by Crippen LogP contribution is -2.29. The number of pyridine rings is 1. The Hall–Kier alpha value is -4.77. The molecule has 0 radical (unpaired) electrons. The van der Waals surface area contributed by atoms with Gasteiger partial charge < -0.3 is 14.3 Å². The highest BCUT2D eigenvalue weighted by molar-refractivity contribution is 5.80. The predicted molar refractivity (Wildman–Crippen MR) is 139 cm³/mol. The highest BCUT2D eigenvalue weighted by Crippen LogP contribution is 2.35. The molecule has 0 aliphatic rings. The van der Waals surface area contributed by atoms with Crippen LogP contribution in [0.1, 0.15) is 27.8 Å². The molecular weight excluding hydrogens is 491 g/mol. The van der Waals surface area contributed by atoms with Gasteiger partial charge in [0, 0.05) is 17.1 Å². The van der Waals surface area contributed by atoms with Gasteiger partial charge in [-0.3, -0.25) is 4.79 Å². The lowest BCUT2D eigenvalue weighted by atomic mass is 10.0. The summed E-state index contributed by atoms with van der Waals surface area (Å²) in [5.41, 5.74) is 0.926. The normalized spacial score (nSPS) is 11.5. The van der Waals surface area contributed by atoms with Gasteiger partial charge in [-0.1, -0.05) is 23.8 Å². The van der Waals surface area contributed by atoms with Crippen molar-refractivity contribution in [3.8, 4) is 28.8 Å². The maximum Gasteiger partial charge on any atom is 0.417 e. The van der Waals surface area contributed by atoms with E-state index in [4.69, 9.17) is 4.74 Å². The number of rotatable bonds is 5. The monoisotopic (exact) mass is 513 g/mol. The Morgan fingerprint density at radius 2 is 1.68 bits per heavy atom. The van der Waals surface area contributed by atoms with Crippen molar-refractivity contribution in [3.63, 3.8) is 0 Å². The number of benzene rings is 3. The largest absolute Gasteiger partial charge is 0.457 e. The summed E-state index contributed by atoms with van der Waals surface area (Å²) < 4.78 is 48.7. The minimum atomic E-state index is -4.86. The Labute approximate surface area is 216 Å². The van der Waals surface area contributed by atoms with Gasteiger partial charge in [-0.2, -0.15) is 18.4 Å². The number of aromatic nitrogens is 2. The number of aryl methyl sites for hydroxylation is 2. The number of fused-ring (bicyclic) bond motifs is 1. The number of nitrogens with one attached hydrogen (secondary N) is 1. The average Bonchev–Trinajstić information content (AvgIpc) is 3.34. The van der Waals surface area contributed by atoms with E-state index in [2.05, 4.69) is 4.98 Å². The fourth-order valence-corrected chi connectivity index (χ4v) is 4.49. The number of H-pyrrole nitrogens is 1. The molecule has 1 N–H and O–H groups in total. The molecule has 5 aromatic rings. The van der Waals surface area contributed by atoms with Crippen LogP contribution in [-0.4, -0.2) is 9.55 Å². The van der Waals surface area contributed by atoms with Crippen LogP contribution in [-0.2, 0) is 12.7 Å². The molecule has 5 rings (SSSR count). The molecule has 0 saturated carbocycles. The van der Waals surface area contributed by atoms with Gasteiger partial charge in [-0.15, -0.1) is 0 Å². The SMILES string of the molecule is Cc1ccc(Cn2c(-c3ccc(Oc4ccc5[nH]ccc5c4)cc3)cc(C(F)(F)F)c(C#N)c2=O)c(C)c1. The van der Waals surface area contributed by atoms with E-state index in [9.17, 15) is 23.2 Å². The predicted octanol–water partition coefficient (Wildman–Crippen LogP) is 7.34. The molecule has 0 atom stereocenters. The molecule has 0 unspecified atom stereocenters. The van der Waals surface area contributed by atoms with Crippen LogP contribution in [0.15, 0.2) is 83.8 Å². The molecule has 2 heterocycles. The fourth-order valence-electron chi connectivity index (χ4n) is 4.49. The van der Waals surface area contributed by atoms with Crippen LogP contribution in [0.3, 0.4) is 0 Å². The molecule has 190 valence electrons. The van der Waals surface area contributed by atoms with Crippen LogP contribution in [0.2, 0.25) is 0 Å². The smallest absolute Gasteiger partial charge is 0.417 e. The Morgan fingerprint density at radius 3 is 2.37 bits per heavy atom. The second-order valence-corrected chi connectivity index (χ2v) is 9.10. The summed E-state index contributed by atoms with van der Waals surface area (Å²) in [5.74, 6) is 1.09. The highest BCUT2D eigenvalue weighted by Gasteiger charge is 2.36. The van der Waals surface area contributed by atoms with E-state index < -0.39 is 22.9 Å².